The van der Waals surface area contributed by atoms with Crippen molar-refractivity contribution in [2.45, 2.75) is 44.6 Å². The molecule has 1 saturated carbocycles. The summed E-state index contributed by atoms with van der Waals surface area (Å²) in [4.78, 5) is 19.0. The Labute approximate surface area is 108 Å². The third-order valence-electron chi connectivity index (χ3n) is 4.27. The lowest BCUT2D eigenvalue weighted by molar-refractivity contribution is -0.136. The van der Waals surface area contributed by atoms with Crippen LogP contribution in [-0.4, -0.2) is 22.3 Å². The Morgan fingerprint density at radius 1 is 1.17 bits per heavy atom. The summed E-state index contributed by atoms with van der Waals surface area (Å²) in [5.41, 5.74) is 1.06. The number of pyridine rings is 1. The zero-order valence-electron chi connectivity index (χ0n) is 10.7. The first-order valence-corrected chi connectivity index (χ1v) is 7.07. The quantitative estimate of drug-likeness (QED) is 0.801. The van der Waals surface area contributed by atoms with E-state index >= 15 is 0 Å². The van der Waals surface area contributed by atoms with Gasteiger partial charge in [0, 0.05) is 18.7 Å². The largest absolute Gasteiger partial charge is 0.334 e. The topological polar surface area (TPSA) is 33.2 Å². The van der Waals surface area contributed by atoms with E-state index in [1.807, 2.05) is 24.4 Å². The van der Waals surface area contributed by atoms with Crippen LogP contribution in [0.1, 0.15) is 50.3 Å². The third kappa shape index (κ3) is 2.14. The average molecular weight is 244 g/mol. The first kappa shape index (κ1) is 11.7. The van der Waals surface area contributed by atoms with Crippen LogP contribution in [0.25, 0.3) is 0 Å². The number of hydrogen-bond donors (Lipinski definition) is 0. The molecule has 3 rings (SSSR count). The SMILES string of the molecule is O=C(C1CCCC1)N1CCCC1c1ccccn1. The highest BCUT2D eigenvalue weighted by atomic mass is 16.2. The minimum atomic E-state index is 0.222. The molecule has 1 aromatic heterocycles. The van der Waals surface area contributed by atoms with Crippen LogP contribution in [0.3, 0.4) is 0 Å². The predicted octanol–water partition coefficient (Wildman–Crippen LogP) is 2.94. The molecule has 0 bridgehead atoms. The normalized spacial score (nSPS) is 24.7. The standard InChI is InChI=1S/C15H20N2O/c18-15(12-6-1-2-7-12)17-11-5-9-14(17)13-8-3-4-10-16-13/h3-4,8,10,12,14H,1-2,5-7,9,11H2. The van der Waals surface area contributed by atoms with E-state index in [0.717, 1.165) is 37.9 Å². The fourth-order valence-electron chi connectivity index (χ4n) is 3.32. The van der Waals surface area contributed by atoms with E-state index in [1.54, 1.807) is 0 Å². The molecule has 1 aliphatic carbocycles. The maximum absolute atomic E-state index is 12.5. The van der Waals surface area contributed by atoms with Crippen molar-refractivity contribution in [3.8, 4) is 0 Å². The number of carbonyl (C=O) groups excluding carboxylic acids is 1. The van der Waals surface area contributed by atoms with E-state index < -0.39 is 0 Å². The minimum Gasteiger partial charge on any atom is -0.334 e. The summed E-state index contributed by atoms with van der Waals surface area (Å²) < 4.78 is 0. The van der Waals surface area contributed by atoms with Crippen LogP contribution in [0.15, 0.2) is 24.4 Å². The van der Waals surface area contributed by atoms with Gasteiger partial charge < -0.3 is 4.90 Å². The highest BCUT2D eigenvalue weighted by molar-refractivity contribution is 5.79. The van der Waals surface area contributed by atoms with E-state index in [4.69, 9.17) is 0 Å². The highest BCUT2D eigenvalue weighted by Gasteiger charge is 2.35. The van der Waals surface area contributed by atoms with Gasteiger partial charge in [-0.15, -0.1) is 0 Å². The van der Waals surface area contributed by atoms with E-state index in [0.29, 0.717) is 5.91 Å². The van der Waals surface area contributed by atoms with Crippen molar-refractivity contribution in [2.24, 2.45) is 5.92 Å². The number of likely N-dealkylation sites (tertiary alicyclic amines) is 1. The highest BCUT2D eigenvalue weighted by Crippen LogP contribution is 2.35. The fraction of sp³-hybridized carbons (Fsp3) is 0.600. The zero-order valence-corrected chi connectivity index (χ0v) is 10.7. The molecule has 1 amide bonds. The van der Waals surface area contributed by atoms with Crippen LogP contribution in [0.2, 0.25) is 0 Å². The molecule has 2 heterocycles. The van der Waals surface area contributed by atoms with Crippen molar-refractivity contribution in [1.82, 2.24) is 9.88 Å². The Balaban J connectivity index is 1.77. The predicted molar refractivity (Wildman–Crippen MR) is 69.9 cm³/mol. The number of hydrogen-bond acceptors (Lipinski definition) is 2. The molecule has 96 valence electrons. The van der Waals surface area contributed by atoms with Gasteiger partial charge in [-0.3, -0.25) is 9.78 Å². The van der Waals surface area contributed by atoms with Gasteiger partial charge in [0.2, 0.25) is 5.91 Å². The van der Waals surface area contributed by atoms with Crippen molar-refractivity contribution in [2.75, 3.05) is 6.54 Å². The van der Waals surface area contributed by atoms with Gasteiger partial charge >= 0.3 is 0 Å². The van der Waals surface area contributed by atoms with E-state index in [-0.39, 0.29) is 12.0 Å². The lowest BCUT2D eigenvalue weighted by atomic mass is 10.0. The molecule has 1 aliphatic heterocycles. The molecule has 3 nitrogen and oxygen atoms in total. The van der Waals surface area contributed by atoms with Crippen LogP contribution in [0, 0.1) is 5.92 Å². The Bertz CT molecular complexity index is 412. The molecule has 1 unspecified atom stereocenters. The Kier molecular flexibility index (Phi) is 3.31. The molecule has 2 aliphatic rings. The molecule has 0 radical (unpaired) electrons. The molecule has 3 heteroatoms. The molecule has 1 saturated heterocycles. The van der Waals surface area contributed by atoms with Gasteiger partial charge in [0.25, 0.3) is 0 Å². The van der Waals surface area contributed by atoms with Gasteiger partial charge in [-0.05, 0) is 37.8 Å². The maximum atomic E-state index is 12.5. The molecular weight excluding hydrogens is 224 g/mol. The summed E-state index contributed by atoms with van der Waals surface area (Å²) in [5.74, 6) is 0.662. The second-order valence-electron chi connectivity index (χ2n) is 5.43. The summed E-state index contributed by atoms with van der Waals surface area (Å²) in [6.07, 6.45) is 8.62. The second-order valence-corrected chi connectivity index (χ2v) is 5.43. The lowest BCUT2D eigenvalue weighted by Crippen LogP contribution is -2.35. The second kappa shape index (κ2) is 5.09. The molecule has 0 aromatic carbocycles. The van der Waals surface area contributed by atoms with Crippen LogP contribution in [-0.2, 0) is 4.79 Å². The average Bonchev–Trinajstić information content (AvgIpc) is 3.10. The molecule has 1 aromatic rings. The number of rotatable bonds is 2. The zero-order chi connectivity index (χ0) is 12.4. The molecule has 1 atom stereocenters. The van der Waals surface area contributed by atoms with Crippen LogP contribution in [0.5, 0.6) is 0 Å². The van der Waals surface area contributed by atoms with E-state index in [1.165, 1.54) is 12.8 Å². The van der Waals surface area contributed by atoms with Crippen LogP contribution >= 0.6 is 0 Å². The molecule has 18 heavy (non-hydrogen) atoms. The summed E-state index contributed by atoms with van der Waals surface area (Å²) in [5, 5.41) is 0. The van der Waals surface area contributed by atoms with Gasteiger partial charge in [-0.2, -0.15) is 0 Å². The first-order valence-electron chi connectivity index (χ1n) is 7.07. The molecule has 0 spiro atoms. The van der Waals surface area contributed by atoms with E-state index in [9.17, 15) is 4.79 Å². The first-order chi connectivity index (χ1) is 8.86. The number of amides is 1. The van der Waals surface area contributed by atoms with Gasteiger partial charge in [0.05, 0.1) is 11.7 Å². The van der Waals surface area contributed by atoms with Crippen molar-refractivity contribution in [3.63, 3.8) is 0 Å². The third-order valence-corrected chi connectivity index (χ3v) is 4.27. The monoisotopic (exact) mass is 244 g/mol. The Morgan fingerprint density at radius 2 is 2.00 bits per heavy atom. The van der Waals surface area contributed by atoms with Gasteiger partial charge in [0.15, 0.2) is 0 Å². The fourth-order valence-corrected chi connectivity index (χ4v) is 3.32. The van der Waals surface area contributed by atoms with Crippen molar-refractivity contribution in [3.05, 3.63) is 30.1 Å². The van der Waals surface area contributed by atoms with Gasteiger partial charge in [-0.25, -0.2) is 0 Å². The van der Waals surface area contributed by atoms with Crippen LogP contribution in [0.4, 0.5) is 0 Å². The minimum absolute atomic E-state index is 0.222. The van der Waals surface area contributed by atoms with Gasteiger partial charge in [-0.1, -0.05) is 18.9 Å². The summed E-state index contributed by atoms with van der Waals surface area (Å²) in [6.45, 7) is 0.913. The van der Waals surface area contributed by atoms with Crippen molar-refractivity contribution < 1.29 is 4.79 Å². The number of aromatic nitrogens is 1. The Hall–Kier alpha value is -1.38. The number of nitrogens with zero attached hydrogens (tertiary/aromatic N) is 2. The van der Waals surface area contributed by atoms with Crippen molar-refractivity contribution in [1.29, 1.82) is 0 Å². The summed E-state index contributed by atoms with van der Waals surface area (Å²) in [7, 11) is 0. The molecule has 2 fully saturated rings. The Morgan fingerprint density at radius 3 is 2.72 bits per heavy atom. The smallest absolute Gasteiger partial charge is 0.226 e. The molecule has 0 N–H and O–H groups in total. The van der Waals surface area contributed by atoms with Crippen LogP contribution < -0.4 is 0 Å². The van der Waals surface area contributed by atoms with Gasteiger partial charge in [0.1, 0.15) is 0 Å². The van der Waals surface area contributed by atoms with E-state index in [2.05, 4.69) is 9.88 Å². The number of carbonyl (C=O) groups is 1. The summed E-state index contributed by atoms with van der Waals surface area (Å²) in [6, 6.07) is 6.21. The van der Waals surface area contributed by atoms with Crippen molar-refractivity contribution >= 4 is 5.91 Å². The molecular formula is C15H20N2O. The summed E-state index contributed by atoms with van der Waals surface area (Å²) >= 11 is 0. The maximum Gasteiger partial charge on any atom is 0.226 e. The lowest BCUT2D eigenvalue weighted by Gasteiger charge is -2.27.